The first-order valence-electron chi connectivity index (χ1n) is 10.1. The maximum Gasteiger partial charge on any atom is 0.258 e. The Morgan fingerprint density at radius 3 is 2.55 bits per heavy atom. The third-order valence-electron chi connectivity index (χ3n) is 5.60. The number of aromatic amines is 1. The molecule has 29 heavy (non-hydrogen) atoms. The first-order valence-corrected chi connectivity index (χ1v) is 10.1. The van der Waals surface area contributed by atoms with E-state index >= 15 is 0 Å². The molecule has 1 aliphatic rings. The summed E-state index contributed by atoms with van der Waals surface area (Å²) in [7, 11) is 1.60. The summed E-state index contributed by atoms with van der Waals surface area (Å²) in [6.45, 7) is 0.287. The van der Waals surface area contributed by atoms with E-state index in [0.717, 1.165) is 25.7 Å². The van der Waals surface area contributed by atoms with E-state index in [9.17, 15) is 9.59 Å². The molecule has 0 unspecified atom stereocenters. The molecule has 0 aliphatic heterocycles. The number of fused-ring (bicyclic) bond motifs is 1. The zero-order valence-electron chi connectivity index (χ0n) is 16.6. The number of carbonyl (C=O) groups excluding carboxylic acids is 1. The van der Waals surface area contributed by atoms with E-state index in [-0.39, 0.29) is 24.1 Å². The van der Waals surface area contributed by atoms with E-state index in [2.05, 4.69) is 9.97 Å². The average molecular weight is 391 g/mol. The highest BCUT2D eigenvalue weighted by atomic mass is 16.5. The van der Waals surface area contributed by atoms with Crippen LogP contribution in [0.2, 0.25) is 0 Å². The number of methoxy groups -OCH3 is 1. The van der Waals surface area contributed by atoms with Gasteiger partial charge in [-0.05, 0) is 49.2 Å². The molecule has 0 bridgehead atoms. The van der Waals surface area contributed by atoms with Crippen molar-refractivity contribution in [2.45, 2.75) is 44.7 Å². The van der Waals surface area contributed by atoms with E-state index in [0.29, 0.717) is 28.0 Å². The van der Waals surface area contributed by atoms with Crippen molar-refractivity contribution in [1.82, 2.24) is 14.9 Å². The monoisotopic (exact) mass is 391 g/mol. The molecule has 1 aromatic heterocycles. The molecule has 3 aromatic rings. The zero-order valence-corrected chi connectivity index (χ0v) is 16.6. The summed E-state index contributed by atoms with van der Waals surface area (Å²) in [5.74, 6) is 1.18. The van der Waals surface area contributed by atoms with Gasteiger partial charge in [-0.25, -0.2) is 4.98 Å². The maximum atomic E-state index is 13.4. The van der Waals surface area contributed by atoms with Gasteiger partial charge in [0.25, 0.3) is 11.5 Å². The fourth-order valence-corrected chi connectivity index (χ4v) is 4.03. The Balaban J connectivity index is 1.66. The summed E-state index contributed by atoms with van der Waals surface area (Å²) in [6.07, 6.45) is 5.36. The van der Waals surface area contributed by atoms with Gasteiger partial charge in [-0.2, -0.15) is 0 Å². The van der Waals surface area contributed by atoms with Crippen molar-refractivity contribution in [1.29, 1.82) is 0 Å². The largest absolute Gasteiger partial charge is 0.497 e. The Bertz CT molecular complexity index is 1050. The van der Waals surface area contributed by atoms with Crippen LogP contribution in [0.15, 0.2) is 53.3 Å². The Kier molecular flexibility index (Phi) is 5.60. The number of hydrogen-bond acceptors (Lipinski definition) is 4. The Hall–Kier alpha value is -3.15. The Morgan fingerprint density at radius 1 is 1.10 bits per heavy atom. The van der Waals surface area contributed by atoms with Crippen LogP contribution in [-0.4, -0.2) is 33.9 Å². The maximum absolute atomic E-state index is 13.4. The summed E-state index contributed by atoms with van der Waals surface area (Å²) in [6, 6.07) is 14.6. The quantitative estimate of drug-likeness (QED) is 0.716. The van der Waals surface area contributed by atoms with Crippen LogP contribution in [-0.2, 0) is 6.54 Å². The first kappa shape index (κ1) is 19.2. The second-order valence-electron chi connectivity index (χ2n) is 7.48. The molecule has 6 heteroatoms. The highest BCUT2D eigenvalue weighted by Crippen LogP contribution is 2.26. The van der Waals surface area contributed by atoms with Gasteiger partial charge in [-0.3, -0.25) is 9.59 Å². The van der Waals surface area contributed by atoms with Crippen molar-refractivity contribution in [3.8, 4) is 5.75 Å². The molecule has 1 heterocycles. The van der Waals surface area contributed by atoms with Gasteiger partial charge < -0.3 is 14.6 Å². The molecule has 1 aliphatic carbocycles. The summed E-state index contributed by atoms with van der Waals surface area (Å²) >= 11 is 0. The lowest BCUT2D eigenvalue weighted by Gasteiger charge is -2.34. The molecule has 6 nitrogen and oxygen atoms in total. The molecular weight excluding hydrogens is 366 g/mol. The number of para-hydroxylation sites is 1. The predicted octanol–water partition coefficient (Wildman–Crippen LogP) is 3.91. The number of hydrogen-bond donors (Lipinski definition) is 1. The van der Waals surface area contributed by atoms with Crippen LogP contribution in [0.1, 0.15) is 48.3 Å². The first-order chi connectivity index (χ1) is 14.2. The second-order valence-corrected chi connectivity index (χ2v) is 7.48. The molecule has 1 amide bonds. The standard InChI is InChI=1S/C23H25N3O3/c1-29-18-13-11-16(12-14-18)23(28)26(17-7-3-2-4-8-17)15-21-24-20-10-6-5-9-19(20)22(27)25-21/h5-6,9-14,17H,2-4,7-8,15H2,1H3,(H,24,25,27). The van der Waals surface area contributed by atoms with Gasteiger partial charge in [0.05, 0.1) is 24.6 Å². The molecule has 1 fully saturated rings. The normalized spacial score (nSPS) is 14.7. The number of carbonyl (C=O) groups is 1. The summed E-state index contributed by atoms with van der Waals surface area (Å²) in [5.41, 5.74) is 1.08. The molecule has 150 valence electrons. The number of benzene rings is 2. The molecule has 1 saturated carbocycles. The number of aromatic nitrogens is 2. The van der Waals surface area contributed by atoms with Crippen molar-refractivity contribution < 1.29 is 9.53 Å². The van der Waals surface area contributed by atoms with Crippen molar-refractivity contribution >= 4 is 16.8 Å². The number of H-pyrrole nitrogens is 1. The van der Waals surface area contributed by atoms with Crippen molar-refractivity contribution in [2.24, 2.45) is 0 Å². The van der Waals surface area contributed by atoms with Crippen molar-refractivity contribution in [3.05, 3.63) is 70.3 Å². The smallest absolute Gasteiger partial charge is 0.258 e. The number of rotatable bonds is 5. The van der Waals surface area contributed by atoms with Gasteiger partial charge in [0.15, 0.2) is 0 Å². The summed E-state index contributed by atoms with van der Waals surface area (Å²) in [5, 5.41) is 0.557. The van der Waals surface area contributed by atoms with Crippen molar-refractivity contribution in [3.63, 3.8) is 0 Å². The van der Waals surface area contributed by atoms with Gasteiger partial charge in [0, 0.05) is 11.6 Å². The molecule has 0 spiro atoms. The van der Waals surface area contributed by atoms with Gasteiger partial charge in [-0.1, -0.05) is 31.4 Å². The molecule has 4 rings (SSSR count). The number of nitrogens with one attached hydrogen (secondary N) is 1. The lowest BCUT2D eigenvalue weighted by Crippen LogP contribution is -2.41. The molecule has 0 atom stereocenters. The highest BCUT2D eigenvalue weighted by molar-refractivity contribution is 5.94. The average Bonchev–Trinajstić information content (AvgIpc) is 2.78. The third kappa shape index (κ3) is 4.16. The third-order valence-corrected chi connectivity index (χ3v) is 5.60. The lowest BCUT2D eigenvalue weighted by molar-refractivity contribution is 0.0607. The van der Waals surface area contributed by atoms with Gasteiger partial charge in [-0.15, -0.1) is 0 Å². The SMILES string of the molecule is COc1ccc(C(=O)N(Cc2nc3ccccc3c(=O)[nH]2)C2CCCCC2)cc1. The van der Waals surface area contributed by atoms with Crippen LogP contribution in [0, 0.1) is 0 Å². The summed E-state index contributed by atoms with van der Waals surface area (Å²) in [4.78, 5) is 35.2. The minimum atomic E-state index is -0.175. The number of ether oxygens (including phenoxy) is 1. The van der Waals surface area contributed by atoms with E-state index in [1.54, 1.807) is 37.4 Å². The molecule has 1 N–H and O–H groups in total. The predicted molar refractivity (Wildman–Crippen MR) is 112 cm³/mol. The van der Waals surface area contributed by atoms with E-state index < -0.39 is 0 Å². The van der Waals surface area contributed by atoms with Gasteiger partial charge >= 0.3 is 0 Å². The molecule has 0 saturated heterocycles. The lowest BCUT2D eigenvalue weighted by atomic mass is 9.93. The zero-order chi connectivity index (χ0) is 20.2. The minimum Gasteiger partial charge on any atom is -0.497 e. The molecular formula is C23H25N3O3. The van der Waals surface area contributed by atoms with E-state index in [4.69, 9.17) is 4.74 Å². The Morgan fingerprint density at radius 2 is 1.83 bits per heavy atom. The number of amides is 1. The van der Waals surface area contributed by atoms with Gasteiger partial charge in [0.2, 0.25) is 0 Å². The van der Waals surface area contributed by atoms with Crippen molar-refractivity contribution in [2.75, 3.05) is 7.11 Å². The highest BCUT2D eigenvalue weighted by Gasteiger charge is 2.27. The molecule has 2 aromatic carbocycles. The topological polar surface area (TPSA) is 75.3 Å². The minimum absolute atomic E-state index is 0.0460. The summed E-state index contributed by atoms with van der Waals surface area (Å²) < 4.78 is 5.20. The second kappa shape index (κ2) is 8.47. The van der Waals surface area contributed by atoms with Gasteiger partial charge in [0.1, 0.15) is 11.6 Å². The van der Waals surface area contributed by atoms with Crippen LogP contribution < -0.4 is 10.3 Å². The number of nitrogens with zero attached hydrogens (tertiary/aromatic N) is 2. The fraction of sp³-hybridized carbons (Fsp3) is 0.348. The van der Waals surface area contributed by atoms with Crippen LogP contribution in [0.4, 0.5) is 0 Å². The van der Waals surface area contributed by atoms with E-state index in [1.807, 2.05) is 23.1 Å². The van der Waals surface area contributed by atoms with E-state index in [1.165, 1.54) is 6.42 Å². The van der Waals surface area contributed by atoms with Crippen LogP contribution >= 0.6 is 0 Å². The Labute approximate surface area is 169 Å². The van der Waals surface area contributed by atoms with Crippen LogP contribution in [0.5, 0.6) is 5.75 Å². The molecule has 0 radical (unpaired) electrons. The van der Waals surface area contributed by atoms with Crippen LogP contribution in [0.25, 0.3) is 10.9 Å². The fourth-order valence-electron chi connectivity index (χ4n) is 4.03. The van der Waals surface area contributed by atoms with Crippen LogP contribution in [0.3, 0.4) is 0 Å².